The summed E-state index contributed by atoms with van der Waals surface area (Å²) in [4.78, 5) is 26.5. The lowest BCUT2D eigenvalue weighted by molar-refractivity contribution is -0.137. The van der Waals surface area contributed by atoms with Gasteiger partial charge < -0.3 is 15.4 Å². The zero-order chi connectivity index (χ0) is 20.9. The molecule has 2 amide bonds. The summed E-state index contributed by atoms with van der Waals surface area (Å²) in [7, 11) is 0. The Morgan fingerprint density at radius 3 is 2.38 bits per heavy atom. The summed E-state index contributed by atoms with van der Waals surface area (Å²) in [5, 5.41) is 8.86. The second-order valence-electron chi connectivity index (χ2n) is 6.46. The SMILES string of the molecule is O=C(NC[C@@H](c1ccsc1)N1CCOCC1)C(=O)Nc1ccc(C(F)(F)F)cc1. The summed E-state index contributed by atoms with van der Waals surface area (Å²) in [6, 6.07) is 5.79. The predicted octanol–water partition coefficient (Wildman–Crippen LogP) is 2.90. The van der Waals surface area contributed by atoms with Crippen LogP contribution in [0.25, 0.3) is 0 Å². The Kier molecular flexibility index (Phi) is 6.88. The van der Waals surface area contributed by atoms with Gasteiger partial charge in [-0.15, -0.1) is 0 Å². The minimum absolute atomic E-state index is 0.0898. The molecule has 0 unspecified atom stereocenters. The van der Waals surface area contributed by atoms with Crippen molar-refractivity contribution < 1.29 is 27.5 Å². The van der Waals surface area contributed by atoms with Crippen LogP contribution in [-0.2, 0) is 20.5 Å². The van der Waals surface area contributed by atoms with Crippen LogP contribution in [0.3, 0.4) is 0 Å². The lowest BCUT2D eigenvalue weighted by Crippen LogP contribution is -2.45. The molecule has 0 saturated carbocycles. The lowest BCUT2D eigenvalue weighted by Gasteiger charge is -2.34. The summed E-state index contributed by atoms with van der Waals surface area (Å²) >= 11 is 1.55. The molecule has 1 aliphatic heterocycles. The first-order chi connectivity index (χ1) is 13.8. The molecule has 0 bridgehead atoms. The van der Waals surface area contributed by atoms with Crippen LogP contribution in [0.1, 0.15) is 17.2 Å². The van der Waals surface area contributed by atoms with E-state index in [0.717, 1.165) is 29.8 Å². The van der Waals surface area contributed by atoms with E-state index in [2.05, 4.69) is 15.5 Å². The molecule has 1 aromatic carbocycles. The number of carbonyl (C=O) groups is 2. The molecular weight excluding hydrogens is 407 g/mol. The summed E-state index contributed by atoms with van der Waals surface area (Å²) in [6.45, 7) is 2.87. The Bertz CT molecular complexity index is 819. The number of morpholine rings is 1. The van der Waals surface area contributed by atoms with Crippen LogP contribution in [-0.4, -0.2) is 49.6 Å². The van der Waals surface area contributed by atoms with Crippen molar-refractivity contribution in [2.24, 2.45) is 0 Å². The number of nitrogens with zero attached hydrogens (tertiary/aromatic N) is 1. The molecule has 1 atom stereocenters. The molecule has 1 aliphatic rings. The van der Waals surface area contributed by atoms with Gasteiger partial charge in [-0.2, -0.15) is 24.5 Å². The van der Waals surface area contributed by atoms with Gasteiger partial charge in [-0.1, -0.05) is 0 Å². The van der Waals surface area contributed by atoms with Crippen LogP contribution < -0.4 is 10.6 Å². The molecule has 0 spiro atoms. The second kappa shape index (κ2) is 9.38. The molecule has 6 nitrogen and oxygen atoms in total. The first kappa shape index (κ1) is 21.3. The molecular formula is C19H20F3N3O3S. The first-order valence-electron chi connectivity index (χ1n) is 8.95. The van der Waals surface area contributed by atoms with Gasteiger partial charge >= 0.3 is 18.0 Å². The van der Waals surface area contributed by atoms with Crippen LogP contribution in [0, 0.1) is 0 Å². The Morgan fingerprint density at radius 2 is 1.79 bits per heavy atom. The maximum Gasteiger partial charge on any atom is 0.416 e. The molecule has 2 N–H and O–H groups in total. The van der Waals surface area contributed by atoms with E-state index in [1.165, 1.54) is 0 Å². The van der Waals surface area contributed by atoms with Crippen molar-refractivity contribution >= 4 is 28.8 Å². The van der Waals surface area contributed by atoms with Crippen molar-refractivity contribution in [2.75, 3.05) is 38.2 Å². The minimum atomic E-state index is -4.46. The molecule has 1 saturated heterocycles. The van der Waals surface area contributed by atoms with Crippen molar-refractivity contribution in [1.82, 2.24) is 10.2 Å². The average Bonchev–Trinajstić information content (AvgIpc) is 3.23. The molecule has 3 rings (SSSR count). The highest BCUT2D eigenvalue weighted by Gasteiger charge is 2.30. The minimum Gasteiger partial charge on any atom is -0.379 e. The molecule has 2 aromatic rings. The van der Waals surface area contributed by atoms with Gasteiger partial charge in [0.15, 0.2) is 0 Å². The molecule has 0 radical (unpaired) electrons. The summed E-state index contributed by atoms with van der Waals surface area (Å²) in [5.74, 6) is -1.78. The van der Waals surface area contributed by atoms with Gasteiger partial charge in [-0.25, -0.2) is 0 Å². The summed E-state index contributed by atoms with van der Waals surface area (Å²) in [6.07, 6.45) is -4.46. The number of halogens is 3. The Hall–Kier alpha value is -2.43. The Morgan fingerprint density at radius 1 is 1.10 bits per heavy atom. The highest BCUT2D eigenvalue weighted by atomic mass is 32.1. The fourth-order valence-corrected chi connectivity index (χ4v) is 3.72. The van der Waals surface area contributed by atoms with Crippen molar-refractivity contribution in [3.8, 4) is 0 Å². The highest BCUT2D eigenvalue weighted by Crippen LogP contribution is 2.29. The Labute approximate surface area is 169 Å². The number of carbonyl (C=O) groups excluding carboxylic acids is 2. The van der Waals surface area contributed by atoms with E-state index in [1.54, 1.807) is 11.3 Å². The van der Waals surface area contributed by atoms with Gasteiger partial charge in [-0.3, -0.25) is 14.5 Å². The second-order valence-corrected chi connectivity index (χ2v) is 7.24. The van der Waals surface area contributed by atoms with Gasteiger partial charge in [0.2, 0.25) is 0 Å². The lowest BCUT2D eigenvalue weighted by atomic mass is 10.1. The van der Waals surface area contributed by atoms with Crippen molar-refractivity contribution in [2.45, 2.75) is 12.2 Å². The number of ether oxygens (including phenoxy) is 1. The number of benzene rings is 1. The van der Waals surface area contributed by atoms with E-state index in [-0.39, 0.29) is 18.3 Å². The third kappa shape index (κ3) is 5.78. The van der Waals surface area contributed by atoms with E-state index in [0.29, 0.717) is 26.3 Å². The monoisotopic (exact) mass is 427 g/mol. The van der Waals surface area contributed by atoms with E-state index in [4.69, 9.17) is 4.74 Å². The smallest absolute Gasteiger partial charge is 0.379 e. The molecule has 10 heteroatoms. The molecule has 0 aliphatic carbocycles. The standard InChI is InChI=1S/C19H20F3N3O3S/c20-19(21,22)14-1-3-15(4-2-14)24-18(27)17(26)23-11-16(13-5-10-29-12-13)25-6-8-28-9-7-25/h1-5,10,12,16H,6-9,11H2,(H,23,26)(H,24,27)/t16-/m0/s1. The third-order valence-corrected chi connectivity index (χ3v) is 5.25. The van der Waals surface area contributed by atoms with E-state index >= 15 is 0 Å². The number of rotatable bonds is 5. The van der Waals surface area contributed by atoms with Crippen LogP contribution in [0.5, 0.6) is 0 Å². The van der Waals surface area contributed by atoms with Crippen LogP contribution in [0.4, 0.5) is 18.9 Å². The molecule has 1 fully saturated rings. The number of amides is 2. The van der Waals surface area contributed by atoms with E-state index in [1.807, 2.05) is 16.8 Å². The fourth-order valence-electron chi connectivity index (χ4n) is 3.01. The number of anilines is 1. The first-order valence-corrected chi connectivity index (χ1v) is 9.89. The zero-order valence-electron chi connectivity index (χ0n) is 15.4. The van der Waals surface area contributed by atoms with E-state index < -0.39 is 23.6 Å². The summed E-state index contributed by atoms with van der Waals surface area (Å²) < 4.78 is 43.1. The summed E-state index contributed by atoms with van der Waals surface area (Å²) in [5.41, 5.74) is 0.324. The normalized spacial score (nSPS) is 16.2. The maximum absolute atomic E-state index is 12.6. The van der Waals surface area contributed by atoms with Gasteiger partial charge in [0.1, 0.15) is 0 Å². The topological polar surface area (TPSA) is 70.7 Å². The number of nitrogens with one attached hydrogen (secondary N) is 2. The van der Waals surface area contributed by atoms with Crippen LogP contribution >= 0.6 is 11.3 Å². The van der Waals surface area contributed by atoms with Crippen molar-refractivity contribution in [3.63, 3.8) is 0 Å². The molecule has 29 heavy (non-hydrogen) atoms. The van der Waals surface area contributed by atoms with Gasteiger partial charge in [0.25, 0.3) is 0 Å². The van der Waals surface area contributed by atoms with Gasteiger partial charge in [0, 0.05) is 25.3 Å². The van der Waals surface area contributed by atoms with Crippen LogP contribution in [0.2, 0.25) is 0 Å². The quantitative estimate of drug-likeness (QED) is 0.720. The number of hydrogen-bond acceptors (Lipinski definition) is 5. The molecule has 1 aromatic heterocycles. The van der Waals surface area contributed by atoms with Crippen molar-refractivity contribution in [1.29, 1.82) is 0 Å². The van der Waals surface area contributed by atoms with Crippen molar-refractivity contribution in [3.05, 3.63) is 52.2 Å². The largest absolute Gasteiger partial charge is 0.416 e. The number of hydrogen-bond donors (Lipinski definition) is 2. The zero-order valence-corrected chi connectivity index (χ0v) is 16.2. The fraction of sp³-hybridized carbons (Fsp3) is 0.368. The third-order valence-electron chi connectivity index (χ3n) is 4.55. The number of alkyl halides is 3. The van der Waals surface area contributed by atoms with Gasteiger partial charge in [0.05, 0.1) is 24.8 Å². The van der Waals surface area contributed by atoms with Gasteiger partial charge in [-0.05, 0) is 46.7 Å². The predicted molar refractivity (Wildman–Crippen MR) is 103 cm³/mol. The van der Waals surface area contributed by atoms with E-state index in [9.17, 15) is 22.8 Å². The Balaban J connectivity index is 1.57. The number of thiophene rings is 1. The molecule has 156 valence electrons. The highest BCUT2D eigenvalue weighted by molar-refractivity contribution is 7.08. The van der Waals surface area contributed by atoms with Crippen LogP contribution in [0.15, 0.2) is 41.1 Å². The molecule has 2 heterocycles. The average molecular weight is 427 g/mol. The maximum atomic E-state index is 12.6.